The highest BCUT2D eigenvalue weighted by atomic mass is 32.2. The maximum atomic E-state index is 12.7. The molecule has 0 unspecified atom stereocenters. The zero-order valence-electron chi connectivity index (χ0n) is 17.9. The summed E-state index contributed by atoms with van der Waals surface area (Å²) in [5.41, 5.74) is 0.918. The Labute approximate surface area is 187 Å². The number of benzene rings is 1. The van der Waals surface area contributed by atoms with Crippen molar-refractivity contribution in [3.63, 3.8) is 0 Å². The van der Waals surface area contributed by atoms with Gasteiger partial charge in [-0.05, 0) is 48.4 Å². The van der Waals surface area contributed by atoms with Gasteiger partial charge in [-0.2, -0.15) is 0 Å². The van der Waals surface area contributed by atoms with E-state index in [1.165, 1.54) is 11.3 Å². The molecule has 1 aromatic carbocycles. The Balaban J connectivity index is 1.53. The Morgan fingerprint density at radius 1 is 1.13 bits per heavy atom. The smallest absolute Gasteiger partial charge is 0.250 e. The zero-order valence-corrected chi connectivity index (χ0v) is 19.6. The van der Waals surface area contributed by atoms with E-state index in [2.05, 4.69) is 4.72 Å². The summed E-state index contributed by atoms with van der Waals surface area (Å²) < 4.78 is 43.9. The Morgan fingerprint density at radius 2 is 1.77 bits per heavy atom. The molecule has 10 heteroatoms. The van der Waals surface area contributed by atoms with Gasteiger partial charge in [0.05, 0.1) is 21.3 Å². The van der Waals surface area contributed by atoms with Gasteiger partial charge in [0.25, 0.3) is 0 Å². The minimum Gasteiger partial charge on any atom is -0.493 e. The van der Waals surface area contributed by atoms with E-state index >= 15 is 0 Å². The molecule has 31 heavy (non-hydrogen) atoms. The number of amides is 1. The normalized spacial score (nSPS) is 15.0. The SMILES string of the molecule is COc1cc(CCC(=O)N2CCC(NS(=O)(=O)c3cccs3)CC2)cc(OC)c1OC. The van der Waals surface area contributed by atoms with Crippen LogP contribution >= 0.6 is 11.3 Å². The van der Waals surface area contributed by atoms with Crippen molar-refractivity contribution < 1.29 is 27.4 Å². The van der Waals surface area contributed by atoms with Gasteiger partial charge >= 0.3 is 0 Å². The van der Waals surface area contributed by atoms with Crippen LogP contribution < -0.4 is 18.9 Å². The molecular weight excluding hydrogens is 440 g/mol. The maximum Gasteiger partial charge on any atom is 0.250 e. The molecule has 0 saturated carbocycles. The third-order valence-electron chi connectivity index (χ3n) is 5.28. The lowest BCUT2D eigenvalue weighted by molar-refractivity contribution is -0.132. The van der Waals surface area contributed by atoms with Gasteiger partial charge in [0.2, 0.25) is 21.7 Å². The summed E-state index contributed by atoms with van der Waals surface area (Å²) in [6.45, 7) is 1.07. The summed E-state index contributed by atoms with van der Waals surface area (Å²) in [6.07, 6.45) is 2.09. The van der Waals surface area contributed by atoms with Crippen molar-refractivity contribution in [3.8, 4) is 17.2 Å². The Bertz CT molecular complexity index is 958. The predicted octanol–water partition coefficient (Wildman–Crippen LogP) is 2.68. The molecule has 0 bridgehead atoms. The largest absolute Gasteiger partial charge is 0.493 e. The lowest BCUT2D eigenvalue weighted by atomic mass is 10.0. The van der Waals surface area contributed by atoms with Crippen LogP contribution in [0.2, 0.25) is 0 Å². The Morgan fingerprint density at radius 3 is 2.29 bits per heavy atom. The molecule has 170 valence electrons. The first kappa shape index (κ1) is 23.4. The molecule has 1 amide bonds. The first-order chi connectivity index (χ1) is 14.9. The van der Waals surface area contributed by atoms with Gasteiger partial charge in [-0.3, -0.25) is 4.79 Å². The molecule has 1 fully saturated rings. The zero-order chi connectivity index (χ0) is 22.4. The molecule has 0 spiro atoms. The number of hydrogen-bond donors (Lipinski definition) is 1. The summed E-state index contributed by atoms with van der Waals surface area (Å²) in [7, 11) is 1.18. The number of nitrogens with zero attached hydrogens (tertiary/aromatic N) is 1. The summed E-state index contributed by atoms with van der Waals surface area (Å²) >= 11 is 1.20. The van der Waals surface area contributed by atoms with Crippen LogP contribution in [0.25, 0.3) is 0 Å². The highest BCUT2D eigenvalue weighted by molar-refractivity contribution is 7.91. The van der Waals surface area contributed by atoms with E-state index in [0.29, 0.717) is 60.2 Å². The third kappa shape index (κ3) is 5.69. The van der Waals surface area contributed by atoms with E-state index in [-0.39, 0.29) is 11.9 Å². The van der Waals surface area contributed by atoms with Crippen LogP contribution in [0.1, 0.15) is 24.8 Å². The van der Waals surface area contributed by atoms with Crippen molar-refractivity contribution in [1.29, 1.82) is 0 Å². The molecule has 1 aromatic heterocycles. The van der Waals surface area contributed by atoms with Crippen LogP contribution in [-0.2, 0) is 21.2 Å². The highest BCUT2D eigenvalue weighted by Gasteiger charge is 2.27. The number of likely N-dealkylation sites (tertiary alicyclic amines) is 1. The van der Waals surface area contributed by atoms with Crippen LogP contribution in [0.5, 0.6) is 17.2 Å². The van der Waals surface area contributed by atoms with Crippen LogP contribution in [-0.4, -0.2) is 59.7 Å². The summed E-state index contributed by atoms with van der Waals surface area (Å²) in [4.78, 5) is 14.5. The topological polar surface area (TPSA) is 94.2 Å². The Kier molecular flexibility index (Phi) is 7.79. The highest BCUT2D eigenvalue weighted by Crippen LogP contribution is 2.38. The van der Waals surface area contributed by atoms with E-state index < -0.39 is 10.0 Å². The van der Waals surface area contributed by atoms with Gasteiger partial charge in [-0.15, -0.1) is 11.3 Å². The van der Waals surface area contributed by atoms with Crippen molar-refractivity contribution in [2.45, 2.75) is 35.9 Å². The number of sulfonamides is 1. The number of carbonyl (C=O) groups is 1. The molecule has 1 saturated heterocycles. The molecular formula is C21H28N2O6S2. The monoisotopic (exact) mass is 468 g/mol. The van der Waals surface area contributed by atoms with E-state index in [1.807, 2.05) is 12.1 Å². The van der Waals surface area contributed by atoms with Crippen molar-refractivity contribution >= 4 is 27.3 Å². The number of aryl methyl sites for hydroxylation is 1. The van der Waals surface area contributed by atoms with Gasteiger partial charge < -0.3 is 19.1 Å². The number of nitrogens with one attached hydrogen (secondary N) is 1. The second-order valence-electron chi connectivity index (χ2n) is 7.24. The van der Waals surface area contributed by atoms with E-state index in [0.717, 1.165) is 5.56 Å². The molecule has 1 aliphatic rings. The summed E-state index contributed by atoms with van der Waals surface area (Å²) in [6, 6.07) is 6.84. The van der Waals surface area contributed by atoms with Crippen LogP contribution in [0.15, 0.2) is 33.9 Å². The van der Waals surface area contributed by atoms with E-state index in [4.69, 9.17) is 14.2 Å². The number of carbonyl (C=O) groups excluding carboxylic acids is 1. The minimum absolute atomic E-state index is 0.0494. The summed E-state index contributed by atoms with van der Waals surface area (Å²) in [5, 5.41) is 1.74. The van der Waals surface area contributed by atoms with Crippen LogP contribution in [0.3, 0.4) is 0 Å². The molecule has 0 radical (unpaired) electrons. The number of methoxy groups -OCH3 is 3. The molecule has 2 aromatic rings. The van der Waals surface area contributed by atoms with Crippen molar-refractivity contribution in [2.24, 2.45) is 0 Å². The fourth-order valence-corrected chi connectivity index (χ4v) is 5.94. The predicted molar refractivity (Wildman–Crippen MR) is 119 cm³/mol. The van der Waals surface area contributed by atoms with E-state index in [9.17, 15) is 13.2 Å². The number of rotatable bonds is 9. The quantitative estimate of drug-likeness (QED) is 0.608. The fraction of sp³-hybridized carbons (Fsp3) is 0.476. The Hall–Kier alpha value is -2.30. The van der Waals surface area contributed by atoms with E-state index in [1.54, 1.807) is 43.7 Å². The fourth-order valence-electron chi connectivity index (χ4n) is 3.63. The first-order valence-corrected chi connectivity index (χ1v) is 12.4. The molecule has 0 atom stereocenters. The molecule has 1 N–H and O–H groups in total. The van der Waals surface area contributed by atoms with Gasteiger partial charge in [-0.25, -0.2) is 13.1 Å². The number of piperidine rings is 1. The van der Waals surface area contributed by atoms with Gasteiger partial charge in [0.1, 0.15) is 4.21 Å². The average Bonchev–Trinajstić information content (AvgIpc) is 3.33. The maximum absolute atomic E-state index is 12.7. The third-order valence-corrected chi connectivity index (χ3v) is 8.20. The van der Waals surface area contributed by atoms with Crippen LogP contribution in [0, 0.1) is 0 Å². The second-order valence-corrected chi connectivity index (χ2v) is 10.1. The van der Waals surface area contributed by atoms with Gasteiger partial charge in [-0.1, -0.05) is 6.07 Å². The number of ether oxygens (including phenoxy) is 3. The molecule has 1 aliphatic heterocycles. The molecule has 2 heterocycles. The number of hydrogen-bond acceptors (Lipinski definition) is 7. The average molecular weight is 469 g/mol. The molecule has 0 aliphatic carbocycles. The molecule has 8 nitrogen and oxygen atoms in total. The minimum atomic E-state index is -3.49. The lowest BCUT2D eigenvalue weighted by Gasteiger charge is -2.32. The van der Waals surface area contributed by atoms with Crippen LogP contribution in [0.4, 0.5) is 0 Å². The van der Waals surface area contributed by atoms with Crippen molar-refractivity contribution in [1.82, 2.24) is 9.62 Å². The second kappa shape index (κ2) is 10.3. The number of thiophene rings is 1. The molecule has 3 rings (SSSR count). The van der Waals surface area contributed by atoms with Crippen molar-refractivity contribution in [2.75, 3.05) is 34.4 Å². The first-order valence-electron chi connectivity index (χ1n) is 10.0. The summed E-state index contributed by atoms with van der Waals surface area (Å²) in [5.74, 6) is 1.69. The van der Waals surface area contributed by atoms with Crippen molar-refractivity contribution in [3.05, 3.63) is 35.2 Å². The lowest BCUT2D eigenvalue weighted by Crippen LogP contribution is -2.46. The van der Waals surface area contributed by atoms with Gasteiger partial charge in [0.15, 0.2) is 11.5 Å². The standard InChI is InChI=1S/C21H28N2O6S2/c1-27-17-13-15(14-18(28-2)21(17)29-3)6-7-19(24)23-10-8-16(9-11-23)22-31(25,26)20-5-4-12-30-20/h4-5,12-14,16,22H,6-11H2,1-3H3. The van der Waals surface area contributed by atoms with Gasteiger partial charge in [0, 0.05) is 25.6 Å².